The Hall–Kier alpha value is -1.78. The molecule has 0 amide bonds. The summed E-state index contributed by atoms with van der Waals surface area (Å²) in [5.41, 5.74) is 10.5. The van der Waals surface area contributed by atoms with Gasteiger partial charge in [0.2, 0.25) is 0 Å². The molecule has 2 aromatic carbocycles. The van der Waals surface area contributed by atoms with E-state index in [4.69, 9.17) is 5.73 Å². The molecule has 0 unspecified atom stereocenters. The van der Waals surface area contributed by atoms with E-state index in [2.05, 4.69) is 67.4 Å². The van der Waals surface area contributed by atoms with Gasteiger partial charge in [-0.05, 0) is 26.0 Å². The number of nitrogens with zero attached hydrogens (tertiary/aromatic N) is 1. The number of nitrogens with two attached hydrogens (primary N) is 1. The van der Waals surface area contributed by atoms with Gasteiger partial charge in [-0.2, -0.15) is 0 Å². The van der Waals surface area contributed by atoms with Gasteiger partial charge in [0.25, 0.3) is 0 Å². The summed E-state index contributed by atoms with van der Waals surface area (Å²) in [4.78, 5) is 5.71. The first-order valence-corrected chi connectivity index (χ1v) is 8.33. The molecule has 0 radical (unpaired) electrons. The molecular weight excluding hydrogens is 296 g/mol. The van der Waals surface area contributed by atoms with Crippen molar-refractivity contribution in [3.8, 4) is 11.3 Å². The van der Waals surface area contributed by atoms with E-state index in [1.807, 2.05) is 0 Å². The standard InChI is InChI=1S/C17H16N2S2/c1-11-3-7-13(8-4-11)15-16(21-17(18)19-15)20-14-9-5-12(2)6-10-14/h3-10H,1-2H3,(H2,18,19). The number of aromatic nitrogens is 1. The van der Waals surface area contributed by atoms with Crippen molar-refractivity contribution in [2.45, 2.75) is 23.0 Å². The van der Waals surface area contributed by atoms with Crippen molar-refractivity contribution in [1.82, 2.24) is 4.98 Å². The predicted molar refractivity (Wildman–Crippen MR) is 92.0 cm³/mol. The second-order valence-corrected chi connectivity index (χ2v) is 7.34. The fourth-order valence-corrected chi connectivity index (χ4v) is 4.04. The Morgan fingerprint density at radius 1 is 0.905 bits per heavy atom. The van der Waals surface area contributed by atoms with Gasteiger partial charge in [-0.15, -0.1) is 0 Å². The van der Waals surface area contributed by atoms with E-state index in [1.54, 1.807) is 23.1 Å². The molecule has 0 fully saturated rings. The van der Waals surface area contributed by atoms with Gasteiger partial charge >= 0.3 is 0 Å². The van der Waals surface area contributed by atoms with Gasteiger partial charge in [0.15, 0.2) is 5.13 Å². The first-order valence-electron chi connectivity index (χ1n) is 6.70. The molecule has 0 aliphatic heterocycles. The first-order chi connectivity index (χ1) is 10.1. The van der Waals surface area contributed by atoms with Crippen LogP contribution in [0.2, 0.25) is 0 Å². The largest absolute Gasteiger partial charge is 0.375 e. The fraction of sp³-hybridized carbons (Fsp3) is 0.118. The molecule has 4 heteroatoms. The topological polar surface area (TPSA) is 38.9 Å². The zero-order valence-electron chi connectivity index (χ0n) is 12.0. The van der Waals surface area contributed by atoms with E-state index >= 15 is 0 Å². The van der Waals surface area contributed by atoms with Crippen molar-refractivity contribution in [3.05, 3.63) is 59.7 Å². The molecule has 0 atom stereocenters. The Bertz CT molecular complexity index is 743. The van der Waals surface area contributed by atoms with Crippen LogP contribution in [0.5, 0.6) is 0 Å². The van der Waals surface area contributed by atoms with Crippen molar-refractivity contribution in [2.24, 2.45) is 0 Å². The van der Waals surface area contributed by atoms with Gasteiger partial charge in [0, 0.05) is 10.5 Å². The third kappa shape index (κ3) is 3.28. The lowest BCUT2D eigenvalue weighted by atomic mass is 10.1. The number of thiazole rings is 1. The van der Waals surface area contributed by atoms with Crippen LogP contribution in [0.3, 0.4) is 0 Å². The lowest BCUT2D eigenvalue weighted by Crippen LogP contribution is -1.84. The van der Waals surface area contributed by atoms with Gasteiger partial charge in [0.1, 0.15) is 0 Å². The number of benzene rings is 2. The van der Waals surface area contributed by atoms with Crippen LogP contribution in [0.4, 0.5) is 5.13 Å². The molecule has 0 bridgehead atoms. The highest BCUT2D eigenvalue weighted by Crippen LogP contribution is 2.41. The van der Waals surface area contributed by atoms with Crippen molar-refractivity contribution in [3.63, 3.8) is 0 Å². The third-order valence-corrected chi connectivity index (χ3v) is 5.23. The number of nitrogen functional groups attached to an aromatic ring is 1. The molecule has 0 saturated heterocycles. The molecule has 2 N–H and O–H groups in total. The van der Waals surface area contributed by atoms with Gasteiger partial charge in [-0.3, -0.25) is 0 Å². The second-order valence-electron chi connectivity index (χ2n) is 4.97. The van der Waals surface area contributed by atoms with E-state index in [0.29, 0.717) is 5.13 Å². The Kier molecular flexibility index (Phi) is 3.99. The van der Waals surface area contributed by atoms with Crippen LogP contribution in [0, 0.1) is 13.8 Å². The predicted octanol–water partition coefficient (Wildman–Crippen LogP) is 5.16. The quantitative estimate of drug-likeness (QED) is 0.726. The Labute approximate surface area is 133 Å². The fourth-order valence-electron chi connectivity index (χ4n) is 2.00. The Morgan fingerprint density at radius 2 is 1.48 bits per heavy atom. The molecule has 0 saturated carbocycles. The molecular formula is C17H16N2S2. The number of anilines is 1. The van der Waals surface area contributed by atoms with Crippen LogP contribution in [0.1, 0.15) is 11.1 Å². The van der Waals surface area contributed by atoms with Crippen LogP contribution in [0.15, 0.2) is 57.6 Å². The summed E-state index contributed by atoms with van der Waals surface area (Å²) in [7, 11) is 0. The minimum Gasteiger partial charge on any atom is -0.375 e. The molecule has 0 aliphatic rings. The number of hydrogen-bond donors (Lipinski definition) is 1. The zero-order valence-corrected chi connectivity index (χ0v) is 13.6. The maximum atomic E-state index is 5.92. The summed E-state index contributed by atoms with van der Waals surface area (Å²) in [5, 5.41) is 0.611. The van der Waals surface area contributed by atoms with Crippen molar-refractivity contribution in [1.29, 1.82) is 0 Å². The lowest BCUT2D eigenvalue weighted by molar-refractivity contribution is 1.34. The average Bonchev–Trinajstić information content (AvgIpc) is 2.83. The second kappa shape index (κ2) is 5.92. The maximum absolute atomic E-state index is 5.92. The average molecular weight is 312 g/mol. The highest BCUT2D eigenvalue weighted by molar-refractivity contribution is 8.01. The molecule has 0 aliphatic carbocycles. The summed E-state index contributed by atoms with van der Waals surface area (Å²) in [5.74, 6) is 0. The van der Waals surface area contributed by atoms with Crippen molar-refractivity contribution < 1.29 is 0 Å². The van der Waals surface area contributed by atoms with Gasteiger partial charge in [0.05, 0.1) is 9.90 Å². The van der Waals surface area contributed by atoms with Gasteiger partial charge in [-0.25, -0.2) is 4.98 Å². The minimum atomic E-state index is 0.611. The van der Waals surface area contributed by atoms with E-state index in [9.17, 15) is 0 Å². The molecule has 21 heavy (non-hydrogen) atoms. The lowest BCUT2D eigenvalue weighted by Gasteiger charge is -2.03. The van der Waals surface area contributed by atoms with Crippen LogP contribution >= 0.6 is 23.1 Å². The summed E-state index contributed by atoms with van der Waals surface area (Å²) in [6, 6.07) is 16.9. The monoisotopic (exact) mass is 312 g/mol. The summed E-state index contributed by atoms with van der Waals surface area (Å²) < 4.78 is 1.14. The van der Waals surface area contributed by atoms with Gasteiger partial charge in [-0.1, -0.05) is 70.6 Å². The van der Waals surface area contributed by atoms with E-state index in [1.165, 1.54) is 16.0 Å². The molecule has 3 rings (SSSR count). The van der Waals surface area contributed by atoms with Crippen LogP contribution in [-0.4, -0.2) is 4.98 Å². The number of rotatable bonds is 3. The van der Waals surface area contributed by atoms with Crippen molar-refractivity contribution in [2.75, 3.05) is 5.73 Å². The number of aryl methyl sites for hydroxylation is 2. The number of hydrogen-bond acceptors (Lipinski definition) is 4. The SMILES string of the molecule is Cc1ccc(Sc2sc(N)nc2-c2ccc(C)cc2)cc1. The highest BCUT2D eigenvalue weighted by Gasteiger charge is 2.13. The maximum Gasteiger partial charge on any atom is 0.181 e. The zero-order chi connectivity index (χ0) is 14.8. The van der Waals surface area contributed by atoms with Gasteiger partial charge < -0.3 is 5.73 Å². The molecule has 1 heterocycles. The highest BCUT2D eigenvalue weighted by atomic mass is 32.2. The van der Waals surface area contributed by atoms with Crippen LogP contribution in [-0.2, 0) is 0 Å². The molecule has 0 spiro atoms. The minimum absolute atomic E-state index is 0.611. The Morgan fingerprint density at radius 3 is 2.10 bits per heavy atom. The van der Waals surface area contributed by atoms with E-state index < -0.39 is 0 Å². The van der Waals surface area contributed by atoms with Crippen LogP contribution < -0.4 is 5.73 Å². The summed E-state index contributed by atoms with van der Waals surface area (Å²) in [6.45, 7) is 4.18. The van der Waals surface area contributed by atoms with E-state index in [-0.39, 0.29) is 0 Å². The first kappa shape index (κ1) is 14.2. The van der Waals surface area contributed by atoms with Crippen LogP contribution in [0.25, 0.3) is 11.3 Å². The molecule has 3 aromatic rings. The molecule has 106 valence electrons. The third-order valence-electron chi connectivity index (χ3n) is 3.17. The molecule has 2 nitrogen and oxygen atoms in total. The van der Waals surface area contributed by atoms with E-state index in [0.717, 1.165) is 15.5 Å². The summed E-state index contributed by atoms with van der Waals surface area (Å²) >= 11 is 3.26. The normalized spacial score (nSPS) is 10.8. The molecule has 1 aromatic heterocycles. The summed E-state index contributed by atoms with van der Waals surface area (Å²) in [6.07, 6.45) is 0. The Balaban J connectivity index is 1.95. The van der Waals surface area contributed by atoms with Crippen molar-refractivity contribution >= 4 is 28.2 Å². The smallest absolute Gasteiger partial charge is 0.181 e.